The van der Waals surface area contributed by atoms with Crippen LogP contribution in [0.2, 0.25) is 0 Å². The molecule has 1 atom stereocenters. The number of aromatic carboxylic acids is 1. The van der Waals surface area contributed by atoms with Crippen LogP contribution in [0.4, 0.5) is 11.4 Å². The van der Waals surface area contributed by atoms with E-state index in [4.69, 9.17) is 5.73 Å². The van der Waals surface area contributed by atoms with Gasteiger partial charge in [-0.15, -0.1) is 11.3 Å². The van der Waals surface area contributed by atoms with Gasteiger partial charge in [0.05, 0.1) is 17.3 Å². The molecule has 0 saturated heterocycles. The Hall–Kier alpha value is -2.01. The lowest BCUT2D eigenvalue weighted by molar-refractivity contribution is 0.0697. The Labute approximate surface area is 121 Å². The number of hydrogen-bond acceptors (Lipinski definition) is 4. The number of carboxylic acids is 1. The zero-order chi connectivity index (χ0) is 14.3. The highest BCUT2D eigenvalue weighted by molar-refractivity contribution is 7.10. The number of thiophene rings is 1. The summed E-state index contributed by atoms with van der Waals surface area (Å²) < 4.78 is 0. The number of nitrogens with two attached hydrogens (primary N) is 1. The third-order valence-electron chi connectivity index (χ3n) is 3.84. The van der Waals surface area contributed by atoms with Crippen LogP contribution < -0.4 is 10.6 Å². The second-order valence-electron chi connectivity index (χ2n) is 5.00. The average molecular weight is 288 g/mol. The van der Waals surface area contributed by atoms with Gasteiger partial charge in [-0.25, -0.2) is 4.79 Å². The molecule has 1 unspecified atom stereocenters. The number of anilines is 2. The first-order chi connectivity index (χ1) is 9.58. The third-order valence-corrected chi connectivity index (χ3v) is 4.84. The number of rotatable bonds is 2. The molecular weight excluding hydrogens is 272 g/mol. The van der Waals surface area contributed by atoms with Gasteiger partial charge in [0.2, 0.25) is 0 Å². The smallest absolute Gasteiger partial charge is 0.337 e. The van der Waals surface area contributed by atoms with Gasteiger partial charge in [-0.1, -0.05) is 0 Å². The van der Waals surface area contributed by atoms with Gasteiger partial charge >= 0.3 is 5.97 Å². The van der Waals surface area contributed by atoms with Gasteiger partial charge in [0.25, 0.3) is 0 Å². The van der Waals surface area contributed by atoms with Crippen molar-refractivity contribution in [1.29, 1.82) is 0 Å². The fraction of sp³-hybridized carbons (Fsp3) is 0.267. The van der Waals surface area contributed by atoms with Crippen molar-refractivity contribution >= 4 is 28.7 Å². The normalized spacial score (nSPS) is 17.9. The predicted octanol–water partition coefficient (Wildman–Crippen LogP) is 3.15. The number of fused-ring (bicyclic) bond motifs is 1. The first kappa shape index (κ1) is 13.0. The summed E-state index contributed by atoms with van der Waals surface area (Å²) in [4.78, 5) is 14.9. The van der Waals surface area contributed by atoms with Crippen LogP contribution in [-0.4, -0.2) is 17.6 Å². The van der Waals surface area contributed by atoms with Crippen molar-refractivity contribution in [2.24, 2.45) is 0 Å². The molecule has 0 aliphatic carbocycles. The molecule has 1 aromatic carbocycles. The second-order valence-corrected chi connectivity index (χ2v) is 6.00. The third kappa shape index (κ3) is 2.04. The van der Waals surface area contributed by atoms with Gasteiger partial charge < -0.3 is 15.7 Å². The van der Waals surface area contributed by atoms with E-state index >= 15 is 0 Å². The Kier molecular flexibility index (Phi) is 3.14. The molecule has 2 heterocycles. The van der Waals surface area contributed by atoms with Gasteiger partial charge in [-0.3, -0.25) is 0 Å². The van der Waals surface area contributed by atoms with Gasteiger partial charge in [0.1, 0.15) is 0 Å². The SMILES string of the molecule is CC1c2ccsc2CCN1c1cc(N)ccc1C(=O)O. The number of nitrogens with zero attached hydrogens (tertiary/aromatic N) is 1. The van der Waals surface area contributed by atoms with Gasteiger partial charge in [0, 0.05) is 17.1 Å². The number of nitrogen functional groups attached to an aromatic ring is 1. The predicted molar refractivity (Wildman–Crippen MR) is 81.6 cm³/mol. The molecule has 1 aromatic heterocycles. The van der Waals surface area contributed by atoms with Crippen LogP contribution in [0.5, 0.6) is 0 Å². The minimum atomic E-state index is -0.914. The highest BCUT2D eigenvalue weighted by Gasteiger charge is 2.27. The topological polar surface area (TPSA) is 66.6 Å². The van der Waals surface area contributed by atoms with Crippen molar-refractivity contribution in [3.05, 3.63) is 45.6 Å². The largest absolute Gasteiger partial charge is 0.478 e. The molecule has 0 bridgehead atoms. The van der Waals surface area contributed by atoms with Crippen LogP contribution in [0.15, 0.2) is 29.6 Å². The molecule has 20 heavy (non-hydrogen) atoms. The number of benzene rings is 1. The highest BCUT2D eigenvalue weighted by atomic mass is 32.1. The molecule has 1 aliphatic heterocycles. The van der Waals surface area contributed by atoms with Crippen LogP contribution >= 0.6 is 11.3 Å². The maximum atomic E-state index is 11.4. The maximum Gasteiger partial charge on any atom is 0.337 e. The molecule has 0 fully saturated rings. The van der Waals surface area contributed by atoms with Crippen LogP contribution in [0.25, 0.3) is 0 Å². The zero-order valence-corrected chi connectivity index (χ0v) is 12.0. The molecular formula is C15H16N2O2S. The molecule has 0 saturated carbocycles. The summed E-state index contributed by atoms with van der Waals surface area (Å²) in [6.07, 6.45) is 0.950. The molecule has 5 heteroatoms. The van der Waals surface area contributed by atoms with Gasteiger partial charge in [-0.2, -0.15) is 0 Å². The van der Waals surface area contributed by atoms with E-state index in [1.54, 1.807) is 29.5 Å². The van der Waals surface area contributed by atoms with E-state index in [-0.39, 0.29) is 6.04 Å². The Balaban J connectivity index is 2.06. The maximum absolute atomic E-state index is 11.4. The fourth-order valence-corrected chi connectivity index (χ4v) is 3.77. The summed E-state index contributed by atoms with van der Waals surface area (Å²) >= 11 is 1.77. The minimum absolute atomic E-state index is 0.171. The van der Waals surface area contributed by atoms with E-state index < -0.39 is 5.97 Å². The average Bonchev–Trinajstić information content (AvgIpc) is 2.88. The van der Waals surface area contributed by atoms with Crippen molar-refractivity contribution in [3.63, 3.8) is 0 Å². The van der Waals surface area contributed by atoms with Crippen molar-refractivity contribution in [3.8, 4) is 0 Å². The van der Waals surface area contributed by atoms with E-state index in [0.29, 0.717) is 16.9 Å². The van der Waals surface area contributed by atoms with Crippen molar-refractivity contribution in [2.75, 3.05) is 17.2 Å². The van der Waals surface area contributed by atoms with E-state index in [0.717, 1.165) is 13.0 Å². The molecule has 3 N–H and O–H groups in total. The van der Waals surface area contributed by atoms with Crippen LogP contribution in [0.1, 0.15) is 33.8 Å². The number of hydrogen-bond donors (Lipinski definition) is 2. The molecule has 3 rings (SSSR count). The molecule has 4 nitrogen and oxygen atoms in total. The molecule has 2 aromatic rings. The first-order valence-electron chi connectivity index (χ1n) is 6.53. The van der Waals surface area contributed by atoms with Gasteiger partial charge in [0.15, 0.2) is 0 Å². The summed E-state index contributed by atoms with van der Waals surface area (Å²) in [5.41, 5.74) is 8.74. The van der Waals surface area contributed by atoms with Crippen molar-refractivity contribution in [1.82, 2.24) is 0 Å². The van der Waals surface area contributed by atoms with E-state index in [1.165, 1.54) is 10.4 Å². The summed E-state index contributed by atoms with van der Waals surface area (Å²) in [5.74, 6) is -0.914. The number of carbonyl (C=O) groups is 1. The lowest BCUT2D eigenvalue weighted by Crippen LogP contribution is -2.34. The molecule has 1 aliphatic rings. The van der Waals surface area contributed by atoms with E-state index in [1.807, 2.05) is 0 Å². The quantitative estimate of drug-likeness (QED) is 0.833. The highest BCUT2D eigenvalue weighted by Crippen LogP contribution is 2.37. The van der Waals surface area contributed by atoms with Crippen LogP contribution in [0.3, 0.4) is 0 Å². The second kappa shape index (κ2) is 4.83. The zero-order valence-electron chi connectivity index (χ0n) is 11.2. The standard InChI is InChI=1S/C15H16N2O2S/c1-9-11-5-7-20-14(11)4-6-17(9)13-8-10(16)2-3-12(13)15(18)19/h2-3,5,7-9H,4,6,16H2,1H3,(H,18,19). The monoisotopic (exact) mass is 288 g/mol. The van der Waals surface area contributed by atoms with Crippen LogP contribution in [-0.2, 0) is 6.42 Å². The summed E-state index contributed by atoms with van der Waals surface area (Å²) in [5, 5.41) is 11.5. The number of carboxylic acid groups (broad SMARTS) is 1. The van der Waals surface area contributed by atoms with Crippen molar-refractivity contribution < 1.29 is 9.90 Å². The lowest BCUT2D eigenvalue weighted by Gasteiger charge is -2.36. The Morgan fingerprint density at radius 1 is 1.45 bits per heavy atom. The fourth-order valence-electron chi connectivity index (χ4n) is 2.81. The summed E-state index contributed by atoms with van der Waals surface area (Å²) in [7, 11) is 0. The first-order valence-corrected chi connectivity index (χ1v) is 7.41. The Morgan fingerprint density at radius 2 is 2.25 bits per heavy atom. The van der Waals surface area contributed by atoms with E-state index in [2.05, 4.69) is 23.3 Å². The Morgan fingerprint density at radius 3 is 3.00 bits per heavy atom. The molecule has 0 spiro atoms. The minimum Gasteiger partial charge on any atom is -0.478 e. The Bertz CT molecular complexity index is 666. The van der Waals surface area contributed by atoms with E-state index in [9.17, 15) is 9.90 Å². The molecule has 104 valence electrons. The summed E-state index contributed by atoms with van der Waals surface area (Å²) in [6, 6.07) is 7.28. The molecule has 0 amide bonds. The lowest BCUT2D eigenvalue weighted by atomic mass is 9.99. The molecule has 0 radical (unpaired) electrons. The van der Waals surface area contributed by atoms with Crippen LogP contribution in [0, 0.1) is 0 Å². The summed E-state index contributed by atoms with van der Waals surface area (Å²) in [6.45, 7) is 2.93. The van der Waals surface area contributed by atoms with Gasteiger partial charge in [-0.05, 0) is 48.6 Å². The van der Waals surface area contributed by atoms with Crippen molar-refractivity contribution in [2.45, 2.75) is 19.4 Å².